The number of ether oxygens (including phenoxy) is 2. The second kappa shape index (κ2) is 17.5. The highest BCUT2D eigenvalue weighted by Crippen LogP contribution is 2.22. The van der Waals surface area contributed by atoms with Crippen LogP contribution in [0.5, 0.6) is 0 Å². The van der Waals surface area contributed by atoms with Crippen molar-refractivity contribution in [2.24, 2.45) is 0 Å². The van der Waals surface area contributed by atoms with Gasteiger partial charge in [-0.2, -0.15) is 15.0 Å². The van der Waals surface area contributed by atoms with Gasteiger partial charge in [-0.25, -0.2) is 0 Å². The van der Waals surface area contributed by atoms with Crippen LogP contribution in [-0.4, -0.2) is 98.0 Å². The number of nitro benzene ring substituents is 1. The molecule has 0 bridgehead atoms. The molecule has 0 atom stereocenters. The van der Waals surface area contributed by atoms with Crippen molar-refractivity contribution in [3.63, 3.8) is 0 Å². The van der Waals surface area contributed by atoms with Gasteiger partial charge in [-0.1, -0.05) is 31.5 Å². The molecule has 0 spiro atoms. The summed E-state index contributed by atoms with van der Waals surface area (Å²) >= 11 is 0. The molecule has 0 saturated carbocycles. The number of benzene rings is 2. The molecule has 1 fully saturated rings. The molecule has 3 N–H and O–H groups in total. The van der Waals surface area contributed by atoms with Crippen molar-refractivity contribution in [2.45, 2.75) is 19.8 Å². The molecule has 1 aliphatic heterocycles. The van der Waals surface area contributed by atoms with Gasteiger partial charge >= 0.3 is 0 Å². The summed E-state index contributed by atoms with van der Waals surface area (Å²) in [7, 11) is 0. The van der Waals surface area contributed by atoms with Crippen LogP contribution in [0, 0.1) is 10.1 Å². The zero-order valence-corrected chi connectivity index (χ0v) is 25.1. The normalized spacial score (nSPS) is 13.0. The minimum atomic E-state index is -0.389. The average Bonchev–Trinajstić information content (AvgIpc) is 3.06. The maximum atomic E-state index is 12.0. The quantitative estimate of drug-likeness (QED) is 0.110. The fourth-order valence-corrected chi connectivity index (χ4v) is 4.48. The Morgan fingerprint density at radius 1 is 0.818 bits per heavy atom. The molecule has 1 aromatic heterocycles. The van der Waals surface area contributed by atoms with Crippen molar-refractivity contribution in [1.82, 2.24) is 20.3 Å². The predicted molar refractivity (Wildman–Crippen MR) is 170 cm³/mol. The molecule has 3 aromatic rings. The lowest BCUT2D eigenvalue weighted by atomic mass is 10.2. The SMILES string of the molecule is CCCCNc1nc(NCCOCCOCCNC(=O)c2ccccc2)nc(N2CCN(c3ccc([N+](=O)[O-])cc3)CC2)n1. The molecule has 0 radical (unpaired) electrons. The summed E-state index contributed by atoms with van der Waals surface area (Å²) in [6.07, 6.45) is 2.07. The molecule has 2 aromatic carbocycles. The molecule has 4 rings (SSSR count). The molecule has 2 heterocycles. The van der Waals surface area contributed by atoms with Gasteiger partial charge in [-0.05, 0) is 30.7 Å². The van der Waals surface area contributed by atoms with E-state index in [0.29, 0.717) is 76.0 Å². The highest BCUT2D eigenvalue weighted by molar-refractivity contribution is 5.94. The largest absolute Gasteiger partial charge is 0.377 e. The van der Waals surface area contributed by atoms with Crippen LogP contribution < -0.4 is 25.8 Å². The number of aromatic nitrogens is 3. The third kappa shape index (κ3) is 10.3. The Kier molecular flexibility index (Phi) is 12.9. The Morgan fingerprint density at radius 2 is 1.43 bits per heavy atom. The van der Waals surface area contributed by atoms with Gasteiger partial charge in [0, 0.05) is 69.2 Å². The molecule has 0 aliphatic carbocycles. The van der Waals surface area contributed by atoms with Crippen LogP contribution in [0.25, 0.3) is 0 Å². The Balaban J connectivity index is 1.18. The van der Waals surface area contributed by atoms with Gasteiger partial charge in [0.05, 0.1) is 31.4 Å². The molecule has 0 unspecified atom stereocenters. The van der Waals surface area contributed by atoms with Gasteiger partial charge < -0.3 is 35.2 Å². The first-order valence-corrected chi connectivity index (χ1v) is 15.0. The summed E-state index contributed by atoms with van der Waals surface area (Å²) < 4.78 is 11.2. The van der Waals surface area contributed by atoms with Crippen molar-refractivity contribution < 1.29 is 19.2 Å². The highest BCUT2D eigenvalue weighted by atomic mass is 16.6. The minimum absolute atomic E-state index is 0.0842. The van der Waals surface area contributed by atoms with Gasteiger partial charge in [0.25, 0.3) is 11.6 Å². The molecule has 14 nitrogen and oxygen atoms in total. The number of carbonyl (C=O) groups is 1. The average molecular weight is 608 g/mol. The molecule has 14 heteroatoms. The monoisotopic (exact) mass is 607 g/mol. The number of piperazine rings is 1. The van der Waals surface area contributed by atoms with Crippen LogP contribution in [0.15, 0.2) is 54.6 Å². The number of nitrogens with zero attached hydrogens (tertiary/aromatic N) is 6. The first kappa shape index (κ1) is 32.4. The third-order valence-electron chi connectivity index (χ3n) is 6.89. The lowest BCUT2D eigenvalue weighted by Crippen LogP contribution is -2.47. The van der Waals surface area contributed by atoms with E-state index in [2.05, 4.69) is 47.6 Å². The van der Waals surface area contributed by atoms with Crippen LogP contribution in [-0.2, 0) is 9.47 Å². The van der Waals surface area contributed by atoms with E-state index in [1.165, 1.54) is 12.1 Å². The minimum Gasteiger partial charge on any atom is -0.377 e. The molecule has 1 amide bonds. The van der Waals surface area contributed by atoms with E-state index in [4.69, 9.17) is 9.47 Å². The van der Waals surface area contributed by atoms with E-state index < -0.39 is 0 Å². The first-order valence-electron chi connectivity index (χ1n) is 15.0. The van der Waals surface area contributed by atoms with Crippen molar-refractivity contribution >= 4 is 35.1 Å². The Bertz CT molecular complexity index is 1310. The molecule has 1 aliphatic rings. The van der Waals surface area contributed by atoms with Gasteiger partial charge in [0.1, 0.15) is 0 Å². The zero-order valence-electron chi connectivity index (χ0n) is 25.1. The summed E-state index contributed by atoms with van der Waals surface area (Å²) in [5.74, 6) is 1.47. The highest BCUT2D eigenvalue weighted by Gasteiger charge is 2.21. The predicted octanol–water partition coefficient (Wildman–Crippen LogP) is 3.19. The number of amides is 1. The van der Waals surface area contributed by atoms with Crippen LogP contribution >= 0.6 is 0 Å². The van der Waals surface area contributed by atoms with E-state index >= 15 is 0 Å². The van der Waals surface area contributed by atoms with Crippen molar-refractivity contribution in [1.29, 1.82) is 0 Å². The number of non-ortho nitro benzene ring substituents is 1. The summed E-state index contributed by atoms with van der Waals surface area (Å²) in [6, 6.07) is 15.7. The number of carbonyl (C=O) groups excluding carboxylic acids is 1. The summed E-state index contributed by atoms with van der Waals surface area (Å²) in [6.45, 7) is 8.43. The van der Waals surface area contributed by atoms with E-state index in [1.54, 1.807) is 24.3 Å². The Morgan fingerprint density at radius 3 is 2.07 bits per heavy atom. The van der Waals surface area contributed by atoms with Gasteiger partial charge in [0.2, 0.25) is 17.8 Å². The third-order valence-corrected chi connectivity index (χ3v) is 6.89. The lowest BCUT2D eigenvalue weighted by molar-refractivity contribution is -0.384. The van der Waals surface area contributed by atoms with E-state index in [1.807, 2.05) is 18.2 Å². The molecular formula is C30H41N9O5. The maximum absolute atomic E-state index is 12.0. The number of anilines is 4. The molecule has 44 heavy (non-hydrogen) atoms. The fraction of sp³-hybridized carbons (Fsp3) is 0.467. The summed E-state index contributed by atoms with van der Waals surface area (Å²) in [5.41, 5.74) is 1.66. The number of nitro groups is 1. The van der Waals surface area contributed by atoms with Crippen LogP contribution in [0.2, 0.25) is 0 Å². The number of nitrogens with one attached hydrogen (secondary N) is 3. The second-order valence-corrected chi connectivity index (χ2v) is 10.1. The van der Waals surface area contributed by atoms with Crippen molar-refractivity contribution in [3.8, 4) is 0 Å². The maximum Gasteiger partial charge on any atom is 0.269 e. The smallest absolute Gasteiger partial charge is 0.269 e. The number of unbranched alkanes of at least 4 members (excludes halogenated alkanes) is 1. The standard InChI is InChI=1S/C30H41N9O5/c1-2-3-13-32-28-34-29(33-15-21-44-23-22-43-20-14-31-27(40)24-7-5-4-6-8-24)36-30(35-28)38-18-16-37(17-19-38)25-9-11-26(12-10-25)39(41)42/h4-12H,2-3,13-23H2,1H3,(H,31,40)(H2,32,33,34,35,36). The van der Waals surface area contributed by atoms with E-state index in [0.717, 1.165) is 38.2 Å². The van der Waals surface area contributed by atoms with E-state index in [9.17, 15) is 14.9 Å². The number of rotatable bonds is 18. The number of hydrogen-bond acceptors (Lipinski definition) is 12. The lowest BCUT2D eigenvalue weighted by Gasteiger charge is -2.36. The van der Waals surface area contributed by atoms with Gasteiger partial charge in [0.15, 0.2) is 0 Å². The first-order chi connectivity index (χ1) is 21.5. The van der Waals surface area contributed by atoms with Crippen LogP contribution in [0.4, 0.5) is 29.2 Å². The van der Waals surface area contributed by atoms with Crippen molar-refractivity contribution in [3.05, 3.63) is 70.3 Å². The molecular weight excluding hydrogens is 566 g/mol. The summed E-state index contributed by atoms with van der Waals surface area (Å²) in [4.78, 5) is 40.8. The molecule has 1 saturated heterocycles. The topological polar surface area (TPSA) is 160 Å². The Hall–Kier alpha value is -4.56. The van der Waals surface area contributed by atoms with Crippen LogP contribution in [0.1, 0.15) is 30.1 Å². The molecule has 236 valence electrons. The van der Waals surface area contributed by atoms with E-state index in [-0.39, 0.29) is 16.5 Å². The van der Waals surface area contributed by atoms with Gasteiger partial charge in [-0.3, -0.25) is 14.9 Å². The summed E-state index contributed by atoms with van der Waals surface area (Å²) in [5, 5.41) is 20.3. The second-order valence-electron chi connectivity index (χ2n) is 10.1. The number of hydrogen-bond donors (Lipinski definition) is 3. The fourth-order valence-electron chi connectivity index (χ4n) is 4.48. The van der Waals surface area contributed by atoms with Crippen LogP contribution in [0.3, 0.4) is 0 Å². The Labute approximate surface area is 257 Å². The zero-order chi connectivity index (χ0) is 31.0. The van der Waals surface area contributed by atoms with Gasteiger partial charge in [-0.15, -0.1) is 0 Å². The van der Waals surface area contributed by atoms with Crippen molar-refractivity contribution in [2.75, 3.05) is 92.7 Å².